The predicted octanol–water partition coefficient (Wildman–Crippen LogP) is 4.47. The van der Waals surface area contributed by atoms with E-state index < -0.39 is 0 Å². The zero-order chi connectivity index (χ0) is 17.6. The van der Waals surface area contributed by atoms with Gasteiger partial charge in [0.1, 0.15) is 11.8 Å². The summed E-state index contributed by atoms with van der Waals surface area (Å²) >= 11 is 1.38. The number of hydrogen-bond donors (Lipinski definition) is 1. The fourth-order valence-corrected chi connectivity index (χ4v) is 2.93. The Morgan fingerprint density at radius 3 is 2.76 bits per heavy atom. The van der Waals surface area contributed by atoms with E-state index >= 15 is 0 Å². The molecule has 5 nitrogen and oxygen atoms in total. The lowest BCUT2D eigenvalue weighted by Gasteiger charge is -2.02. The maximum absolute atomic E-state index is 9.39. The fourth-order valence-electron chi connectivity index (χ4n) is 2.17. The SMILES string of the molecule is COc1cccc(-c2csc(C(C#N)=NNc3ccc(C)cc3)n2)c1. The van der Waals surface area contributed by atoms with Crippen molar-refractivity contribution in [2.45, 2.75) is 6.92 Å². The van der Waals surface area contributed by atoms with E-state index in [1.54, 1.807) is 7.11 Å². The van der Waals surface area contributed by atoms with E-state index in [0.717, 1.165) is 28.3 Å². The molecule has 6 heteroatoms. The number of ether oxygens (including phenoxy) is 1. The van der Waals surface area contributed by atoms with E-state index in [-0.39, 0.29) is 5.71 Å². The van der Waals surface area contributed by atoms with E-state index in [9.17, 15) is 5.26 Å². The van der Waals surface area contributed by atoms with Gasteiger partial charge in [-0.2, -0.15) is 10.4 Å². The summed E-state index contributed by atoms with van der Waals surface area (Å²) in [6.45, 7) is 2.02. The molecular weight excluding hydrogens is 332 g/mol. The highest BCUT2D eigenvalue weighted by molar-refractivity contribution is 7.12. The molecule has 0 amide bonds. The monoisotopic (exact) mass is 348 g/mol. The van der Waals surface area contributed by atoms with Gasteiger partial charge in [0.15, 0.2) is 10.7 Å². The summed E-state index contributed by atoms with van der Waals surface area (Å²) in [6.07, 6.45) is 0. The van der Waals surface area contributed by atoms with Crippen LogP contribution in [0.1, 0.15) is 10.6 Å². The lowest BCUT2D eigenvalue weighted by atomic mass is 10.2. The van der Waals surface area contributed by atoms with Gasteiger partial charge >= 0.3 is 0 Å². The zero-order valence-electron chi connectivity index (χ0n) is 13.9. The first kappa shape index (κ1) is 16.7. The first-order chi connectivity index (χ1) is 12.2. The standard InChI is InChI=1S/C19H16N4OS/c1-13-6-8-15(9-7-13)22-23-17(11-20)19-21-18(12-25-19)14-4-3-5-16(10-14)24-2/h3-10,12,22H,1-2H3. The topological polar surface area (TPSA) is 70.3 Å². The second kappa shape index (κ2) is 7.60. The van der Waals surface area contributed by atoms with Crippen LogP contribution in [0, 0.1) is 18.3 Å². The molecule has 0 radical (unpaired) electrons. The van der Waals surface area contributed by atoms with Crippen LogP contribution in [0.5, 0.6) is 5.75 Å². The first-order valence-electron chi connectivity index (χ1n) is 7.60. The first-order valence-corrected chi connectivity index (χ1v) is 8.48. The maximum Gasteiger partial charge on any atom is 0.196 e. The van der Waals surface area contributed by atoms with Gasteiger partial charge in [-0.15, -0.1) is 11.3 Å². The van der Waals surface area contributed by atoms with Crippen molar-refractivity contribution in [3.63, 3.8) is 0 Å². The van der Waals surface area contributed by atoms with E-state index in [4.69, 9.17) is 4.74 Å². The quantitative estimate of drug-likeness (QED) is 0.545. The molecule has 3 rings (SSSR count). The Kier molecular flexibility index (Phi) is 5.07. The highest BCUT2D eigenvalue weighted by Crippen LogP contribution is 2.25. The van der Waals surface area contributed by atoms with E-state index in [1.807, 2.05) is 60.8 Å². The van der Waals surface area contributed by atoms with Crippen molar-refractivity contribution < 1.29 is 4.74 Å². The Labute approximate surface area is 150 Å². The molecule has 0 aliphatic rings. The molecule has 3 aromatic rings. The maximum atomic E-state index is 9.39. The molecule has 0 aliphatic carbocycles. The Bertz CT molecular complexity index is 939. The third-order valence-electron chi connectivity index (χ3n) is 3.53. The van der Waals surface area contributed by atoms with Gasteiger partial charge in [-0.1, -0.05) is 29.8 Å². The summed E-state index contributed by atoms with van der Waals surface area (Å²) < 4.78 is 5.24. The van der Waals surface area contributed by atoms with Gasteiger partial charge in [-0.3, -0.25) is 5.43 Å². The molecule has 0 bridgehead atoms. The summed E-state index contributed by atoms with van der Waals surface area (Å²) in [5.41, 5.74) is 6.86. The van der Waals surface area contributed by atoms with Crippen molar-refractivity contribution in [3.8, 4) is 23.1 Å². The second-order valence-corrected chi connectivity index (χ2v) is 6.18. The molecule has 25 heavy (non-hydrogen) atoms. The number of nitrogens with one attached hydrogen (secondary N) is 1. The lowest BCUT2D eigenvalue weighted by molar-refractivity contribution is 0.415. The number of benzene rings is 2. The van der Waals surface area contributed by atoms with E-state index in [2.05, 4.69) is 21.6 Å². The number of thiazole rings is 1. The third kappa shape index (κ3) is 4.03. The van der Waals surface area contributed by atoms with Crippen LogP contribution < -0.4 is 10.2 Å². The van der Waals surface area contributed by atoms with Crippen LogP contribution >= 0.6 is 11.3 Å². The number of hydrazone groups is 1. The molecule has 0 fully saturated rings. The van der Waals surface area contributed by atoms with E-state index in [0.29, 0.717) is 5.01 Å². The average molecular weight is 348 g/mol. The van der Waals surface area contributed by atoms with Gasteiger partial charge < -0.3 is 4.74 Å². The number of aryl methyl sites for hydroxylation is 1. The fraction of sp³-hybridized carbons (Fsp3) is 0.105. The van der Waals surface area contributed by atoms with Gasteiger partial charge in [0.2, 0.25) is 0 Å². The number of nitrogens with zero attached hydrogens (tertiary/aromatic N) is 3. The number of hydrogen-bond acceptors (Lipinski definition) is 6. The number of rotatable bonds is 5. The van der Waals surface area contributed by atoms with Crippen LogP contribution in [0.2, 0.25) is 0 Å². The Morgan fingerprint density at radius 2 is 2.04 bits per heavy atom. The molecule has 0 saturated carbocycles. The molecular formula is C19H16N4OS. The molecule has 124 valence electrons. The van der Waals surface area contributed by atoms with Crippen LogP contribution in [0.15, 0.2) is 59.0 Å². The molecule has 0 spiro atoms. The molecule has 1 heterocycles. The van der Waals surface area contributed by atoms with Crippen molar-refractivity contribution >= 4 is 22.7 Å². The molecule has 1 aromatic heterocycles. The molecule has 1 N–H and O–H groups in total. The van der Waals surface area contributed by atoms with Gasteiger partial charge in [-0.05, 0) is 31.2 Å². The number of anilines is 1. The van der Waals surface area contributed by atoms with Crippen molar-refractivity contribution in [2.75, 3.05) is 12.5 Å². The predicted molar refractivity (Wildman–Crippen MR) is 101 cm³/mol. The summed E-state index contributed by atoms with van der Waals surface area (Å²) in [5, 5.41) is 16.0. The van der Waals surface area contributed by atoms with E-state index in [1.165, 1.54) is 11.3 Å². The van der Waals surface area contributed by atoms with Crippen LogP contribution in [-0.4, -0.2) is 17.8 Å². The minimum Gasteiger partial charge on any atom is -0.497 e. The molecule has 0 atom stereocenters. The summed E-state index contributed by atoms with van der Waals surface area (Å²) in [6, 6.07) is 17.5. The van der Waals surface area contributed by atoms with Crippen molar-refractivity contribution in [1.82, 2.24) is 4.98 Å². The second-order valence-electron chi connectivity index (χ2n) is 5.32. The van der Waals surface area contributed by atoms with Gasteiger partial charge in [-0.25, -0.2) is 4.98 Å². The largest absolute Gasteiger partial charge is 0.497 e. The Balaban J connectivity index is 1.82. The number of aromatic nitrogens is 1. The summed E-state index contributed by atoms with van der Waals surface area (Å²) in [5.74, 6) is 0.766. The van der Waals surface area contributed by atoms with Crippen LogP contribution in [0.3, 0.4) is 0 Å². The Hall–Kier alpha value is -3.17. The normalized spacial score (nSPS) is 11.0. The Morgan fingerprint density at radius 1 is 1.24 bits per heavy atom. The third-order valence-corrected chi connectivity index (χ3v) is 4.38. The molecule has 2 aromatic carbocycles. The summed E-state index contributed by atoms with van der Waals surface area (Å²) in [4.78, 5) is 4.52. The van der Waals surface area contributed by atoms with Gasteiger partial charge in [0, 0.05) is 10.9 Å². The van der Waals surface area contributed by atoms with Crippen molar-refractivity contribution in [3.05, 3.63) is 64.5 Å². The molecule has 0 unspecified atom stereocenters. The average Bonchev–Trinajstić information content (AvgIpc) is 3.14. The highest BCUT2D eigenvalue weighted by atomic mass is 32.1. The minimum absolute atomic E-state index is 0.250. The summed E-state index contributed by atoms with van der Waals surface area (Å²) in [7, 11) is 1.63. The molecule has 0 saturated heterocycles. The smallest absolute Gasteiger partial charge is 0.196 e. The zero-order valence-corrected chi connectivity index (χ0v) is 14.7. The van der Waals surface area contributed by atoms with Crippen molar-refractivity contribution in [1.29, 1.82) is 5.26 Å². The van der Waals surface area contributed by atoms with Crippen LogP contribution in [0.25, 0.3) is 11.3 Å². The van der Waals surface area contributed by atoms with Crippen LogP contribution in [0.4, 0.5) is 5.69 Å². The van der Waals surface area contributed by atoms with Crippen molar-refractivity contribution in [2.24, 2.45) is 5.10 Å². The lowest BCUT2D eigenvalue weighted by Crippen LogP contribution is -2.01. The number of methoxy groups -OCH3 is 1. The number of nitriles is 1. The molecule has 0 aliphatic heterocycles. The minimum atomic E-state index is 0.250. The van der Waals surface area contributed by atoms with Gasteiger partial charge in [0.05, 0.1) is 18.5 Å². The van der Waals surface area contributed by atoms with Crippen LogP contribution in [-0.2, 0) is 0 Å². The van der Waals surface area contributed by atoms with Gasteiger partial charge in [0.25, 0.3) is 0 Å². The highest BCUT2D eigenvalue weighted by Gasteiger charge is 2.11.